The molecule has 0 bridgehead atoms. The lowest BCUT2D eigenvalue weighted by molar-refractivity contribution is -0.139. The fourth-order valence-electron chi connectivity index (χ4n) is 2.37. The van der Waals surface area contributed by atoms with Crippen LogP contribution in [0.15, 0.2) is 24.3 Å². The average molecular weight is 278 g/mol. The first kappa shape index (κ1) is 14.8. The summed E-state index contributed by atoms with van der Waals surface area (Å²) in [7, 11) is 0. The van der Waals surface area contributed by atoms with Crippen molar-refractivity contribution in [2.24, 2.45) is 5.73 Å². The van der Waals surface area contributed by atoms with E-state index in [1.165, 1.54) is 24.8 Å². The number of hydrogen-bond donors (Lipinski definition) is 2. The van der Waals surface area contributed by atoms with Gasteiger partial charge in [-0.2, -0.15) is 0 Å². The Morgan fingerprint density at radius 3 is 2.80 bits per heavy atom. The molecule has 3 N–H and O–H groups in total. The van der Waals surface area contributed by atoms with Crippen LogP contribution in [0.5, 0.6) is 5.75 Å². The van der Waals surface area contributed by atoms with Crippen molar-refractivity contribution < 1.29 is 14.6 Å². The van der Waals surface area contributed by atoms with Crippen LogP contribution in [-0.2, 0) is 11.3 Å². The molecule has 0 spiro atoms. The topological polar surface area (TPSA) is 75.8 Å². The summed E-state index contributed by atoms with van der Waals surface area (Å²) in [6.07, 6.45) is 3.86. The van der Waals surface area contributed by atoms with E-state index in [9.17, 15) is 4.79 Å². The molecule has 1 aliphatic heterocycles. The molecule has 1 aromatic rings. The molecule has 0 aromatic heterocycles. The van der Waals surface area contributed by atoms with Crippen LogP contribution in [0.25, 0.3) is 0 Å². The second kappa shape index (κ2) is 7.26. The number of ether oxygens (including phenoxy) is 1. The first-order valence-electron chi connectivity index (χ1n) is 7.07. The highest BCUT2D eigenvalue weighted by molar-refractivity contribution is 5.73. The van der Waals surface area contributed by atoms with E-state index in [1.807, 2.05) is 18.2 Å². The van der Waals surface area contributed by atoms with Crippen LogP contribution in [0.1, 0.15) is 24.8 Å². The van der Waals surface area contributed by atoms with E-state index >= 15 is 0 Å². The quantitative estimate of drug-likeness (QED) is 0.824. The van der Waals surface area contributed by atoms with Gasteiger partial charge in [-0.25, -0.2) is 0 Å². The summed E-state index contributed by atoms with van der Waals surface area (Å²) < 4.78 is 5.43. The van der Waals surface area contributed by atoms with Gasteiger partial charge in [0.25, 0.3) is 0 Å². The summed E-state index contributed by atoms with van der Waals surface area (Å²) in [4.78, 5) is 13.1. The molecular formula is C15H22N2O3. The molecule has 1 fully saturated rings. The highest BCUT2D eigenvalue weighted by atomic mass is 16.5. The number of carboxylic acid groups (broad SMARTS) is 1. The third-order valence-electron chi connectivity index (χ3n) is 3.50. The van der Waals surface area contributed by atoms with Crippen LogP contribution in [0.4, 0.5) is 0 Å². The van der Waals surface area contributed by atoms with Crippen molar-refractivity contribution in [1.29, 1.82) is 0 Å². The van der Waals surface area contributed by atoms with Gasteiger partial charge in [-0.05, 0) is 43.6 Å². The Labute approximate surface area is 119 Å². The van der Waals surface area contributed by atoms with E-state index in [2.05, 4.69) is 11.0 Å². The molecule has 1 saturated heterocycles. The molecule has 1 aromatic carbocycles. The largest absolute Gasteiger partial charge is 0.491 e. The average Bonchev–Trinajstić information content (AvgIpc) is 2.46. The summed E-state index contributed by atoms with van der Waals surface area (Å²) in [6.45, 7) is 3.20. The highest BCUT2D eigenvalue weighted by Crippen LogP contribution is 2.17. The van der Waals surface area contributed by atoms with Crippen molar-refractivity contribution in [1.82, 2.24) is 4.90 Å². The van der Waals surface area contributed by atoms with Crippen molar-refractivity contribution in [3.05, 3.63) is 29.8 Å². The molecule has 5 heteroatoms. The number of benzene rings is 1. The number of likely N-dealkylation sites (tertiary alicyclic amines) is 1. The van der Waals surface area contributed by atoms with Crippen LogP contribution in [-0.4, -0.2) is 41.7 Å². The minimum Gasteiger partial charge on any atom is -0.491 e. The van der Waals surface area contributed by atoms with E-state index in [0.717, 1.165) is 19.6 Å². The maximum Gasteiger partial charge on any atom is 0.324 e. The first-order chi connectivity index (χ1) is 9.65. The van der Waals surface area contributed by atoms with Crippen molar-refractivity contribution in [3.63, 3.8) is 0 Å². The Bertz CT molecular complexity index is 444. The smallest absolute Gasteiger partial charge is 0.324 e. The number of hydrogen-bond acceptors (Lipinski definition) is 4. The van der Waals surface area contributed by atoms with E-state index in [-0.39, 0.29) is 6.61 Å². The van der Waals surface area contributed by atoms with Gasteiger partial charge in [0.2, 0.25) is 0 Å². The lowest BCUT2D eigenvalue weighted by Gasteiger charge is -2.26. The third kappa shape index (κ3) is 4.51. The van der Waals surface area contributed by atoms with E-state index in [4.69, 9.17) is 15.6 Å². The van der Waals surface area contributed by atoms with Gasteiger partial charge >= 0.3 is 5.97 Å². The number of piperidine rings is 1. The highest BCUT2D eigenvalue weighted by Gasteiger charge is 2.13. The van der Waals surface area contributed by atoms with Crippen molar-refractivity contribution >= 4 is 5.97 Å². The monoisotopic (exact) mass is 278 g/mol. The molecule has 0 unspecified atom stereocenters. The Balaban J connectivity index is 1.88. The lowest BCUT2D eigenvalue weighted by Crippen LogP contribution is -2.36. The summed E-state index contributed by atoms with van der Waals surface area (Å²) >= 11 is 0. The van der Waals surface area contributed by atoms with Gasteiger partial charge in [0, 0.05) is 6.54 Å². The number of carboxylic acids is 1. The lowest BCUT2D eigenvalue weighted by atomic mass is 10.1. The third-order valence-corrected chi connectivity index (χ3v) is 3.50. The Morgan fingerprint density at radius 2 is 2.10 bits per heavy atom. The SMILES string of the molecule is N[C@@H](COc1cccc(CN2CCCCC2)c1)C(=O)O. The number of carbonyl (C=O) groups is 1. The van der Waals surface area contributed by atoms with E-state index in [0.29, 0.717) is 5.75 Å². The van der Waals surface area contributed by atoms with E-state index in [1.54, 1.807) is 0 Å². The van der Waals surface area contributed by atoms with Gasteiger partial charge < -0.3 is 15.6 Å². The second-order valence-electron chi connectivity index (χ2n) is 5.24. The molecule has 1 heterocycles. The van der Waals surface area contributed by atoms with Crippen LogP contribution in [0.3, 0.4) is 0 Å². The fraction of sp³-hybridized carbons (Fsp3) is 0.533. The van der Waals surface area contributed by atoms with Gasteiger partial charge in [0.15, 0.2) is 0 Å². The molecule has 110 valence electrons. The minimum absolute atomic E-state index is 0.0114. The predicted molar refractivity (Wildman–Crippen MR) is 76.7 cm³/mol. The standard InChI is InChI=1S/C15H22N2O3/c16-14(15(18)19)11-20-13-6-4-5-12(9-13)10-17-7-2-1-3-8-17/h4-6,9,14H,1-3,7-8,10-11,16H2,(H,18,19)/t14-/m0/s1. The number of rotatable bonds is 6. The number of nitrogens with two attached hydrogens (primary N) is 1. The molecule has 0 radical (unpaired) electrons. The molecule has 0 saturated carbocycles. The maximum absolute atomic E-state index is 10.6. The molecule has 2 rings (SSSR count). The minimum atomic E-state index is -1.05. The zero-order valence-electron chi connectivity index (χ0n) is 11.6. The van der Waals surface area contributed by atoms with Gasteiger partial charge in [-0.15, -0.1) is 0 Å². The second-order valence-corrected chi connectivity index (χ2v) is 5.24. The Hall–Kier alpha value is -1.59. The van der Waals surface area contributed by atoms with Gasteiger partial charge in [-0.1, -0.05) is 18.6 Å². The molecule has 1 aliphatic rings. The molecule has 0 amide bonds. The molecule has 5 nitrogen and oxygen atoms in total. The van der Waals surface area contributed by atoms with Gasteiger partial charge in [0.05, 0.1) is 0 Å². The summed E-state index contributed by atoms with van der Waals surface area (Å²) in [5, 5.41) is 8.72. The summed E-state index contributed by atoms with van der Waals surface area (Å²) in [6, 6.07) is 6.80. The zero-order valence-corrected chi connectivity index (χ0v) is 11.6. The molecular weight excluding hydrogens is 256 g/mol. The number of nitrogens with zero attached hydrogens (tertiary/aromatic N) is 1. The van der Waals surface area contributed by atoms with Crippen molar-refractivity contribution in [2.75, 3.05) is 19.7 Å². The van der Waals surface area contributed by atoms with Gasteiger partial charge in [-0.3, -0.25) is 9.69 Å². The van der Waals surface area contributed by atoms with Crippen molar-refractivity contribution in [2.45, 2.75) is 31.8 Å². The van der Waals surface area contributed by atoms with Crippen LogP contribution < -0.4 is 10.5 Å². The predicted octanol–water partition coefficient (Wildman–Crippen LogP) is 1.46. The maximum atomic E-state index is 10.6. The molecule has 0 aliphatic carbocycles. The van der Waals surface area contributed by atoms with E-state index < -0.39 is 12.0 Å². The summed E-state index contributed by atoms with van der Waals surface area (Å²) in [5.74, 6) is -0.370. The zero-order chi connectivity index (χ0) is 14.4. The van der Waals surface area contributed by atoms with Crippen molar-refractivity contribution in [3.8, 4) is 5.75 Å². The van der Waals surface area contributed by atoms with Crippen LogP contribution in [0, 0.1) is 0 Å². The van der Waals surface area contributed by atoms with Crippen LogP contribution >= 0.6 is 0 Å². The Morgan fingerprint density at radius 1 is 1.35 bits per heavy atom. The van der Waals surface area contributed by atoms with Gasteiger partial charge in [0.1, 0.15) is 18.4 Å². The molecule has 20 heavy (non-hydrogen) atoms. The van der Waals surface area contributed by atoms with Crippen LogP contribution in [0.2, 0.25) is 0 Å². The normalized spacial score (nSPS) is 17.6. The Kier molecular flexibility index (Phi) is 5.38. The first-order valence-corrected chi connectivity index (χ1v) is 7.07. The number of aliphatic carboxylic acids is 1. The fourth-order valence-corrected chi connectivity index (χ4v) is 2.37. The molecule has 1 atom stereocenters. The summed E-state index contributed by atoms with van der Waals surface area (Å²) in [5.41, 5.74) is 6.61.